The topological polar surface area (TPSA) is 41.5 Å². The molecule has 0 aliphatic heterocycles. The van der Waals surface area contributed by atoms with Crippen molar-refractivity contribution in [2.24, 2.45) is 16.9 Å². The number of fused-ring (bicyclic) bond motifs is 1. The highest BCUT2D eigenvalue weighted by molar-refractivity contribution is 5.90. The number of amides is 1. The number of hydrogen-bond acceptors (Lipinski definition) is 2. The summed E-state index contributed by atoms with van der Waals surface area (Å²) in [6.07, 6.45) is 5.00. The molecule has 2 aliphatic rings. The van der Waals surface area contributed by atoms with Gasteiger partial charge in [0.05, 0.1) is 0 Å². The zero-order valence-corrected chi connectivity index (χ0v) is 7.34. The molecule has 2 rings (SSSR count). The lowest BCUT2D eigenvalue weighted by atomic mass is 9.99. The molecule has 0 unspecified atom stereocenters. The summed E-state index contributed by atoms with van der Waals surface area (Å²) in [7, 11) is 0. The zero-order valence-electron chi connectivity index (χ0n) is 7.34. The van der Waals surface area contributed by atoms with E-state index in [0.29, 0.717) is 5.92 Å². The number of rotatable bonds is 1. The molecule has 1 amide bonds. The molecule has 0 bridgehead atoms. The summed E-state index contributed by atoms with van der Waals surface area (Å²) in [5.74, 6) is 1.54. The minimum atomic E-state index is -0.0646. The van der Waals surface area contributed by atoms with E-state index in [1.807, 2.05) is 0 Å². The molecule has 1 N–H and O–H groups in total. The first-order valence-corrected chi connectivity index (χ1v) is 4.60. The fraction of sp³-hybridized carbons (Fsp3) is 0.778. The summed E-state index contributed by atoms with van der Waals surface area (Å²) in [6, 6.07) is 0. The summed E-state index contributed by atoms with van der Waals surface area (Å²) in [6.45, 7) is 1.50. The van der Waals surface area contributed by atoms with Crippen molar-refractivity contribution in [3.8, 4) is 0 Å². The van der Waals surface area contributed by atoms with E-state index in [4.69, 9.17) is 0 Å². The van der Waals surface area contributed by atoms with Gasteiger partial charge in [0, 0.05) is 18.6 Å². The second-order valence-corrected chi connectivity index (χ2v) is 3.77. The third kappa shape index (κ3) is 1.49. The van der Waals surface area contributed by atoms with Crippen LogP contribution >= 0.6 is 0 Å². The molecule has 2 aliphatic carbocycles. The number of hydrazone groups is 1. The Morgan fingerprint density at radius 3 is 3.25 bits per heavy atom. The molecule has 12 heavy (non-hydrogen) atoms. The van der Waals surface area contributed by atoms with E-state index >= 15 is 0 Å². The molecule has 0 saturated heterocycles. The number of hydrogen-bond donors (Lipinski definition) is 1. The first-order valence-electron chi connectivity index (χ1n) is 4.60. The van der Waals surface area contributed by atoms with Gasteiger partial charge in [-0.2, -0.15) is 5.10 Å². The highest BCUT2D eigenvalue weighted by Gasteiger charge is 2.43. The average Bonchev–Trinajstić information content (AvgIpc) is 2.78. The quantitative estimate of drug-likeness (QED) is 0.586. The van der Waals surface area contributed by atoms with Gasteiger partial charge in [-0.3, -0.25) is 4.79 Å². The highest BCUT2D eigenvalue weighted by atomic mass is 16.2. The van der Waals surface area contributed by atoms with Crippen molar-refractivity contribution < 1.29 is 4.79 Å². The van der Waals surface area contributed by atoms with Gasteiger partial charge in [-0.1, -0.05) is 0 Å². The summed E-state index contributed by atoms with van der Waals surface area (Å²) < 4.78 is 0. The molecule has 0 aromatic carbocycles. The van der Waals surface area contributed by atoms with Gasteiger partial charge in [-0.25, -0.2) is 5.43 Å². The van der Waals surface area contributed by atoms with Crippen LogP contribution in [0.4, 0.5) is 0 Å². The molecule has 0 aromatic rings. The van der Waals surface area contributed by atoms with E-state index in [1.54, 1.807) is 0 Å². The van der Waals surface area contributed by atoms with Crippen LogP contribution in [-0.4, -0.2) is 11.6 Å². The Hall–Kier alpha value is -0.860. The molecule has 3 heteroatoms. The summed E-state index contributed by atoms with van der Waals surface area (Å²) >= 11 is 0. The third-order valence-corrected chi connectivity index (χ3v) is 2.72. The Balaban J connectivity index is 1.94. The van der Waals surface area contributed by atoms with Crippen LogP contribution in [0.15, 0.2) is 5.10 Å². The van der Waals surface area contributed by atoms with Crippen molar-refractivity contribution >= 4 is 11.6 Å². The van der Waals surface area contributed by atoms with Crippen LogP contribution in [0.3, 0.4) is 0 Å². The molecule has 2 fully saturated rings. The van der Waals surface area contributed by atoms with E-state index in [0.717, 1.165) is 12.3 Å². The Morgan fingerprint density at radius 2 is 2.50 bits per heavy atom. The number of nitrogens with one attached hydrogen (secondary N) is 1. The van der Waals surface area contributed by atoms with Gasteiger partial charge >= 0.3 is 0 Å². The largest absolute Gasteiger partial charge is 0.274 e. The maximum atomic E-state index is 10.6. The molecule has 3 nitrogen and oxygen atoms in total. The number of carbonyl (C=O) groups is 1. The van der Waals surface area contributed by atoms with Crippen LogP contribution in [0.25, 0.3) is 0 Å². The molecular weight excluding hydrogens is 152 g/mol. The first-order chi connectivity index (χ1) is 5.77. The standard InChI is InChI=1S/C9H14N2O/c1-6(12)10-11-9-4-2-3-7-5-8(7)9/h7-8H,2-5H2,1H3,(H,10,12)/b11-9-/t7-,8+/m0/s1. The summed E-state index contributed by atoms with van der Waals surface area (Å²) in [4.78, 5) is 10.6. The number of nitrogens with zero attached hydrogens (tertiary/aromatic N) is 1. The molecule has 0 radical (unpaired) electrons. The second-order valence-electron chi connectivity index (χ2n) is 3.77. The van der Waals surface area contributed by atoms with Crippen LogP contribution < -0.4 is 5.43 Å². The minimum Gasteiger partial charge on any atom is -0.274 e. The number of carbonyl (C=O) groups excluding carboxylic acids is 1. The maximum Gasteiger partial charge on any atom is 0.236 e. The van der Waals surface area contributed by atoms with E-state index in [-0.39, 0.29) is 5.91 Å². The second kappa shape index (κ2) is 2.88. The molecule has 0 heterocycles. The molecule has 2 atom stereocenters. The van der Waals surface area contributed by atoms with E-state index in [2.05, 4.69) is 10.5 Å². The van der Waals surface area contributed by atoms with Gasteiger partial charge in [-0.15, -0.1) is 0 Å². The van der Waals surface area contributed by atoms with Crippen LogP contribution in [0.5, 0.6) is 0 Å². The van der Waals surface area contributed by atoms with Crippen LogP contribution in [0.2, 0.25) is 0 Å². The molecule has 0 spiro atoms. The van der Waals surface area contributed by atoms with Gasteiger partial charge in [0.15, 0.2) is 0 Å². The summed E-state index contributed by atoms with van der Waals surface area (Å²) in [5.41, 5.74) is 3.74. The van der Waals surface area contributed by atoms with Crippen LogP contribution in [-0.2, 0) is 4.79 Å². The maximum absolute atomic E-state index is 10.6. The lowest BCUT2D eigenvalue weighted by molar-refractivity contribution is -0.118. The normalized spacial score (nSPS) is 35.9. The summed E-state index contributed by atoms with van der Waals surface area (Å²) in [5, 5.41) is 4.12. The van der Waals surface area contributed by atoms with Gasteiger partial charge in [0.2, 0.25) is 5.91 Å². The molecular formula is C9H14N2O. The predicted octanol–water partition coefficient (Wildman–Crippen LogP) is 1.30. The molecule has 0 aromatic heterocycles. The van der Waals surface area contributed by atoms with Crippen molar-refractivity contribution in [3.63, 3.8) is 0 Å². The van der Waals surface area contributed by atoms with Crippen molar-refractivity contribution in [3.05, 3.63) is 0 Å². The first kappa shape index (κ1) is 7.77. The third-order valence-electron chi connectivity index (χ3n) is 2.72. The minimum absolute atomic E-state index is 0.0646. The van der Waals surface area contributed by atoms with E-state index < -0.39 is 0 Å². The highest BCUT2D eigenvalue weighted by Crippen LogP contribution is 2.47. The zero-order chi connectivity index (χ0) is 8.55. The van der Waals surface area contributed by atoms with Crippen LogP contribution in [0.1, 0.15) is 32.6 Å². The Bertz CT molecular complexity index is 235. The Morgan fingerprint density at radius 1 is 1.67 bits per heavy atom. The van der Waals surface area contributed by atoms with Gasteiger partial charge in [0.1, 0.15) is 0 Å². The van der Waals surface area contributed by atoms with E-state index in [1.165, 1.54) is 31.9 Å². The average molecular weight is 166 g/mol. The van der Waals surface area contributed by atoms with Gasteiger partial charge in [-0.05, 0) is 31.6 Å². The lowest BCUT2D eigenvalue weighted by Crippen LogP contribution is -2.18. The lowest BCUT2D eigenvalue weighted by Gasteiger charge is -2.10. The predicted molar refractivity (Wildman–Crippen MR) is 46.7 cm³/mol. The Labute approximate surface area is 72.2 Å². The van der Waals surface area contributed by atoms with Gasteiger partial charge < -0.3 is 0 Å². The van der Waals surface area contributed by atoms with Crippen molar-refractivity contribution in [2.45, 2.75) is 32.6 Å². The fourth-order valence-electron chi connectivity index (χ4n) is 1.99. The van der Waals surface area contributed by atoms with E-state index in [9.17, 15) is 4.79 Å². The van der Waals surface area contributed by atoms with Crippen molar-refractivity contribution in [1.82, 2.24) is 5.43 Å². The van der Waals surface area contributed by atoms with Crippen molar-refractivity contribution in [1.29, 1.82) is 0 Å². The molecule has 2 saturated carbocycles. The SMILES string of the molecule is CC(=O)N/N=C1/CCC[C@H]2C[C@@H]12. The Kier molecular flexibility index (Phi) is 1.87. The monoisotopic (exact) mass is 166 g/mol. The smallest absolute Gasteiger partial charge is 0.236 e. The molecule has 66 valence electrons. The van der Waals surface area contributed by atoms with Crippen molar-refractivity contribution in [2.75, 3.05) is 0 Å². The van der Waals surface area contributed by atoms with Gasteiger partial charge in [0.25, 0.3) is 0 Å². The fourth-order valence-corrected chi connectivity index (χ4v) is 1.99. The van der Waals surface area contributed by atoms with Crippen LogP contribution in [0, 0.1) is 11.8 Å².